The van der Waals surface area contributed by atoms with E-state index < -0.39 is 0 Å². The molecule has 6 heteroatoms. The van der Waals surface area contributed by atoms with Crippen LogP contribution in [0.3, 0.4) is 0 Å². The van der Waals surface area contributed by atoms with Crippen molar-refractivity contribution in [1.82, 2.24) is 15.1 Å². The molecule has 1 amide bonds. The van der Waals surface area contributed by atoms with Crippen LogP contribution in [0.15, 0.2) is 66.9 Å². The number of methoxy groups -OCH3 is 1. The number of para-hydroxylation sites is 1. The summed E-state index contributed by atoms with van der Waals surface area (Å²) in [6.07, 6.45) is 5.94. The molecule has 3 aromatic rings. The number of hydrogen-bond acceptors (Lipinski definition) is 4. The molecule has 0 saturated carbocycles. The molecule has 156 valence electrons. The normalized spacial score (nSPS) is 10.9. The van der Waals surface area contributed by atoms with E-state index in [1.807, 2.05) is 66.2 Å². The smallest absolute Gasteiger partial charge is 0.244 e. The summed E-state index contributed by atoms with van der Waals surface area (Å²) in [5, 5.41) is 7.14. The van der Waals surface area contributed by atoms with Crippen molar-refractivity contribution in [2.75, 3.05) is 13.7 Å². The molecule has 30 heavy (non-hydrogen) atoms. The molecule has 1 N–H and O–H groups in total. The van der Waals surface area contributed by atoms with Crippen molar-refractivity contribution in [2.45, 2.75) is 26.5 Å². The fraction of sp³-hybridized carbons (Fsp3) is 0.250. The number of nitrogens with zero attached hydrogens (tertiary/aromatic N) is 2. The number of benzene rings is 2. The molecule has 0 fully saturated rings. The SMILES string of the molecule is COc1ccc(/C=C/C(=O)NCCCn2nccc2C)cc1COc1ccccc1. The number of rotatable bonds is 10. The Hall–Kier alpha value is -3.54. The first-order chi connectivity index (χ1) is 14.7. The molecule has 0 spiro atoms. The Balaban J connectivity index is 1.51. The monoisotopic (exact) mass is 405 g/mol. The van der Waals surface area contributed by atoms with Crippen molar-refractivity contribution in [3.63, 3.8) is 0 Å². The molecular formula is C24H27N3O3. The number of hydrogen-bond donors (Lipinski definition) is 1. The fourth-order valence-corrected chi connectivity index (χ4v) is 3.00. The van der Waals surface area contributed by atoms with E-state index in [9.17, 15) is 4.79 Å². The summed E-state index contributed by atoms with van der Waals surface area (Å²) in [6, 6.07) is 17.4. The zero-order chi connectivity index (χ0) is 21.2. The summed E-state index contributed by atoms with van der Waals surface area (Å²) < 4.78 is 13.2. The van der Waals surface area contributed by atoms with Crippen LogP contribution in [0.25, 0.3) is 6.08 Å². The van der Waals surface area contributed by atoms with Crippen molar-refractivity contribution in [2.24, 2.45) is 0 Å². The van der Waals surface area contributed by atoms with Gasteiger partial charge < -0.3 is 14.8 Å². The molecule has 0 atom stereocenters. The Morgan fingerprint density at radius 3 is 2.73 bits per heavy atom. The van der Waals surface area contributed by atoms with E-state index in [0.717, 1.165) is 41.3 Å². The Morgan fingerprint density at radius 2 is 2.00 bits per heavy atom. The molecule has 1 heterocycles. The van der Waals surface area contributed by atoms with Gasteiger partial charge in [-0.25, -0.2) is 0 Å². The molecule has 0 radical (unpaired) electrons. The van der Waals surface area contributed by atoms with Gasteiger partial charge >= 0.3 is 0 Å². The van der Waals surface area contributed by atoms with Gasteiger partial charge in [-0.2, -0.15) is 5.10 Å². The lowest BCUT2D eigenvalue weighted by molar-refractivity contribution is -0.116. The average Bonchev–Trinajstić information content (AvgIpc) is 3.19. The highest BCUT2D eigenvalue weighted by molar-refractivity contribution is 5.91. The van der Waals surface area contributed by atoms with Gasteiger partial charge in [0.25, 0.3) is 0 Å². The molecule has 1 aromatic heterocycles. The minimum Gasteiger partial charge on any atom is -0.496 e. The van der Waals surface area contributed by atoms with Gasteiger partial charge in [0, 0.05) is 36.6 Å². The predicted octanol–water partition coefficient (Wildman–Crippen LogP) is 4.00. The van der Waals surface area contributed by atoms with E-state index >= 15 is 0 Å². The molecule has 2 aromatic carbocycles. The molecule has 6 nitrogen and oxygen atoms in total. The Labute approximate surface area is 177 Å². The molecule has 0 unspecified atom stereocenters. The lowest BCUT2D eigenvalue weighted by atomic mass is 10.1. The van der Waals surface area contributed by atoms with Crippen LogP contribution in [0.4, 0.5) is 0 Å². The Bertz CT molecular complexity index is 980. The third kappa shape index (κ3) is 6.24. The van der Waals surface area contributed by atoms with E-state index in [2.05, 4.69) is 10.4 Å². The van der Waals surface area contributed by atoms with Gasteiger partial charge in [0.2, 0.25) is 5.91 Å². The number of amides is 1. The first-order valence-electron chi connectivity index (χ1n) is 9.95. The van der Waals surface area contributed by atoms with Crippen LogP contribution in [-0.4, -0.2) is 29.3 Å². The van der Waals surface area contributed by atoms with E-state index in [4.69, 9.17) is 9.47 Å². The van der Waals surface area contributed by atoms with Gasteiger partial charge in [0.15, 0.2) is 0 Å². The topological polar surface area (TPSA) is 65.4 Å². The molecular weight excluding hydrogens is 378 g/mol. The average molecular weight is 405 g/mol. The van der Waals surface area contributed by atoms with Gasteiger partial charge in [-0.05, 0) is 55.3 Å². The largest absolute Gasteiger partial charge is 0.496 e. The maximum Gasteiger partial charge on any atom is 0.244 e. The number of aromatic nitrogens is 2. The molecule has 0 aliphatic heterocycles. The highest BCUT2D eigenvalue weighted by atomic mass is 16.5. The maximum atomic E-state index is 12.1. The van der Waals surface area contributed by atoms with E-state index in [1.165, 1.54) is 0 Å². The summed E-state index contributed by atoms with van der Waals surface area (Å²) in [6.45, 7) is 3.78. The third-order valence-electron chi connectivity index (χ3n) is 4.64. The number of aryl methyl sites for hydroxylation is 2. The third-order valence-corrected chi connectivity index (χ3v) is 4.64. The van der Waals surface area contributed by atoms with E-state index in [0.29, 0.717) is 13.2 Å². The van der Waals surface area contributed by atoms with Crippen LogP contribution >= 0.6 is 0 Å². The second-order valence-corrected chi connectivity index (χ2v) is 6.85. The Morgan fingerprint density at radius 1 is 1.17 bits per heavy atom. The summed E-state index contributed by atoms with van der Waals surface area (Å²) in [5.41, 5.74) is 2.94. The second kappa shape index (κ2) is 10.9. The van der Waals surface area contributed by atoms with Crippen molar-refractivity contribution in [3.05, 3.63) is 83.7 Å². The maximum absolute atomic E-state index is 12.1. The minimum absolute atomic E-state index is 0.120. The van der Waals surface area contributed by atoms with Gasteiger partial charge in [-0.15, -0.1) is 0 Å². The van der Waals surface area contributed by atoms with Crippen LogP contribution in [0, 0.1) is 6.92 Å². The standard InChI is InChI=1S/C24H27N3O3/c1-19-13-15-26-27(19)16-6-14-25-24(28)12-10-20-9-11-23(29-2)21(17-20)18-30-22-7-4-3-5-8-22/h3-5,7-13,15,17H,6,14,16,18H2,1-2H3,(H,25,28)/b12-10+. The van der Waals surface area contributed by atoms with Gasteiger partial charge in [0.1, 0.15) is 18.1 Å². The van der Waals surface area contributed by atoms with Crippen LogP contribution in [0.5, 0.6) is 11.5 Å². The highest BCUT2D eigenvalue weighted by Crippen LogP contribution is 2.22. The van der Waals surface area contributed by atoms with Crippen molar-refractivity contribution >= 4 is 12.0 Å². The Kier molecular flexibility index (Phi) is 7.66. The van der Waals surface area contributed by atoms with E-state index in [-0.39, 0.29) is 5.91 Å². The van der Waals surface area contributed by atoms with Crippen molar-refractivity contribution in [3.8, 4) is 11.5 Å². The summed E-state index contributed by atoms with van der Waals surface area (Å²) in [4.78, 5) is 12.1. The van der Waals surface area contributed by atoms with Gasteiger partial charge in [-0.1, -0.05) is 24.3 Å². The van der Waals surface area contributed by atoms with Gasteiger partial charge in [0.05, 0.1) is 7.11 Å². The number of nitrogens with one attached hydrogen (secondary N) is 1. The first kappa shape index (κ1) is 21.2. The van der Waals surface area contributed by atoms with Crippen LogP contribution in [0.2, 0.25) is 0 Å². The zero-order valence-electron chi connectivity index (χ0n) is 17.4. The highest BCUT2D eigenvalue weighted by Gasteiger charge is 2.05. The quantitative estimate of drug-likeness (QED) is 0.409. The first-order valence-corrected chi connectivity index (χ1v) is 9.95. The fourth-order valence-electron chi connectivity index (χ4n) is 3.00. The predicted molar refractivity (Wildman–Crippen MR) is 117 cm³/mol. The summed E-state index contributed by atoms with van der Waals surface area (Å²) in [7, 11) is 1.63. The van der Waals surface area contributed by atoms with Crippen LogP contribution < -0.4 is 14.8 Å². The molecule has 0 bridgehead atoms. The second-order valence-electron chi connectivity index (χ2n) is 6.85. The molecule has 0 saturated heterocycles. The summed E-state index contributed by atoms with van der Waals surface area (Å²) >= 11 is 0. The molecule has 0 aliphatic carbocycles. The van der Waals surface area contributed by atoms with Gasteiger partial charge in [-0.3, -0.25) is 9.48 Å². The minimum atomic E-state index is -0.120. The molecule has 0 aliphatic rings. The number of ether oxygens (including phenoxy) is 2. The lowest BCUT2D eigenvalue weighted by Crippen LogP contribution is -2.23. The lowest BCUT2D eigenvalue weighted by Gasteiger charge is -2.11. The van der Waals surface area contributed by atoms with Crippen molar-refractivity contribution < 1.29 is 14.3 Å². The van der Waals surface area contributed by atoms with E-state index in [1.54, 1.807) is 25.5 Å². The zero-order valence-corrected chi connectivity index (χ0v) is 17.4. The van der Waals surface area contributed by atoms with Crippen molar-refractivity contribution in [1.29, 1.82) is 0 Å². The van der Waals surface area contributed by atoms with Crippen LogP contribution in [0.1, 0.15) is 23.2 Å². The number of carbonyl (C=O) groups is 1. The summed E-state index contributed by atoms with van der Waals surface area (Å²) in [5.74, 6) is 1.43. The molecule has 3 rings (SSSR count). The van der Waals surface area contributed by atoms with Crippen LogP contribution in [-0.2, 0) is 17.9 Å². The number of carbonyl (C=O) groups excluding carboxylic acids is 1.